The Labute approximate surface area is 72.7 Å². The third-order valence-corrected chi connectivity index (χ3v) is 3.88. The van der Waals surface area contributed by atoms with Crippen molar-refractivity contribution in [2.24, 2.45) is 0 Å². The van der Waals surface area contributed by atoms with Gasteiger partial charge in [0.05, 0.1) is 0 Å². The molecule has 2 nitrogen and oxygen atoms in total. The summed E-state index contributed by atoms with van der Waals surface area (Å²) >= 11 is 2.11. The average Bonchev–Trinajstić information content (AvgIpc) is 2.37. The number of rotatable bonds is 2. The van der Waals surface area contributed by atoms with Crippen LogP contribution in [0.4, 0.5) is 0 Å². The molecule has 64 valence electrons. The van der Waals surface area contributed by atoms with Gasteiger partial charge in [-0.1, -0.05) is 0 Å². The molecule has 0 unspecified atom stereocenters. The van der Waals surface area contributed by atoms with Crippen molar-refractivity contribution in [3.05, 3.63) is 0 Å². The summed E-state index contributed by atoms with van der Waals surface area (Å²) in [5.41, 5.74) is 0. The average molecular weight is 172 g/mol. The predicted octanol–water partition coefficient (Wildman–Crippen LogP) is 0.395. The van der Waals surface area contributed by atoms with Gasteiger partial charge in [-0.05, 0) is 19.2 Å². The molecule has 3 heteroatoms. The topological polar surface area (TPSA) is 15.3 Å². The van der Waals surface area contributed by atoms with Crippen LogP contribution in [0.2, 0.25) is 0 Å². The lowest BCUT2D eigenvalue weighted by Crippen LogP contribution is -2.60. The highest BCUT2D eigenvalue weighted by Crippen LogP contribution is 2.25. The van der Waals surface area contributed by atoms with Crippen LogP contribution in [0, 0.1) is 0 Å². The Morgan fingerprint density at radius 3 is 2.82 bits per heavy atom. The zero-order valence-electron chi connectivity index (χ0n) is 7.05. The Morgan fingerprint density at radius 1 is 1.45 bits per heavy atom. The van der Waals surface area contributed by atoms with Gasteiger partial charge in [0.2, 0.25) is 0 Å². The summed E-state index contributed by atoms with van der Waals surface area (Å²) in [5, 5.41) is 3.31. The Bertz CT molecular complexity index is 128. The van der Waals surface area contributed by atoms with E-state index in [2.05, 4.69) is 29.0 Å². The lowest BCUT2D eigenvalue weighted by Gasteiger charge is -2.42. The van der Waals surface area contributed by atoms with E-state index in [1.807, 2.05) is 0 Å². The van der Waals surface area contributed by atoms with Crippen molar-refractivity contribution in [2.75, 3.05) is 31.6 Å². The maximum Gasteiger partial charge on any atom is 0.0320 e. The number of nitrogens with one attached hydrogen (secondary N) is 1. The molecule has 2 fully saturated rings. The summed E-state index contributed by atoms with van der Waals surface area (Å²) in [6.07, 6.45) is 1.42. The van der Waals surface area contributed by atoms with Gasteiger partial charge in [0.25, 0.3) is 0 Å². The summed E-state index contributed by atoms with van der Waals surface area (Å²) in [4.78, 5) is 2.61. The Morgan fingerprint density at radius 2 is 2.27 bits per heavy atom. The van der Waals surface area contributed by atoms with Crippen molar-refractivity contribution >= 4 is 11.8 Å². The molecule has 0 saturated carbocycles. The van der Waals surface area contributed by atoms with Crippen LogP contribution in [0.3, 0.4) is 0 Å². The highest BCUT2D eigenvalue weighted by atomic mass is 32.2. The van der Waals surface area contributed by atoms with E-state index in [0.717, 1.165) is 12.1 Å². The molecule has 0 aromatic heterocycles. The first-order chi connectivity index (χ1) is 5.40. The SMILES string of the molecule is CNC1CN([C@@H]2CCSC2)C1. The van der Waals surface area contributed by atoms with Gasteiger partial charge >= 0.3 is 0 Å². The molecule has 2 aliphatic heterocycles. The molecule has 0 aliphatic carbocycles. The van der Waals surface area contributed by atoms with Crippen LogP contribution in [0.1, 0.15) is 6.42 Å². The van der Waals surface area contributed by atoms with E-state index in [1.165, 1.54) is 31.0 Å². The van der Waals surface area contributed by atoms with Gasteiger partial charge in [-0.3, -0.25) is 4.90 Å². The maximum absolute atomic E-state index is 3.31. The minimum Gasteiger partial charge on any atom is -0.315 e. The van der Waals surface area contributed by atoms with Crippen molar-refractivity contribution in [3.8, 4) is 0 Å². The lowest BCUT2D eigenvalue weighted by molar-refractivity contribution is 0.0914. The number of hydrogen-bond donors (Lipinski definition) is 1. The van der Waals surface area contributed by atoms with Crippen LogP contribution in [0.15, 0.2) is 0 Å². The van der Waals surface area contributed by atoms with Crippen molar-refractivity contribution in [1.82, 2.24) is 10.2 Å². The normalized spacial score (nSPS) is 34.1. The fraction of sp³-hybridized carbons (Fsp3) is 1.00. The molecule has 2 saturated heterocycles. The molecule has 2 rings (SSSR count). The first-order valence-electron chi connectivity index (χ1n) is 4.39. The fourth-order valence-electron chi connectivity index (χ4n) is 1.80. The zero-order valence-corrected chi connectivity index (χ0v) is 7.86. The summed E-state index contributed by atoms with van der Waals surface area (Å²) < 4.78 is 0. The second-order valence-electron chi connectivity index (χ2n) is 3.46. The van der Waals surface area contributed by atoms with E-state index in [4.69, 9.17) is 0 Å². The Kier molecular flexibility index (Phi) is 2.39. The second kappa shape index (κ2) is 3.33. The third-order valence-electron chi connectivity index (χ3n) is 2.74. The van der Waals surface area contributed by atoms with Crippen LogP contribution < -0.4 is 5.32 Å². The largest absolute Gasteiger partial charge is 0.315 e. The van der Waals surface area contributed by atoms with E-state index < -0.39 is 0 Å². The monoisotopic (exact) mass is 172 g/mol. The molecule has 0 amide bonds. The van der Waals surface area contributed by atoms with Gasteiger partial charge in [-0.25, -0.2) is 0 Å². The number of thioether (sulfide) groups is 1. The Hall–Kier alpha value is 0.270. The minimum atomic E-state index is 0.778. The van der Waals surface area contributed by atoms with Crippen LogP contribution in [-0.2, 0) is 0 Å². The van der Waals surface area contributed by atoms with Crippen molar-refractivity contribution in [3.63, 3.8) is 0 Å². The highest BCUT2D eigenvalue weighted by molar-refractivity contribution is 7.99. The number of hydrogen-bond acceptors (Lipinski definition) is 3. The van der Waals surface area contributed by atoms with E-state index in [1.54, 1.807) is 0 Å². The Balaban J connectivity index is 1.73. The van der Waals surface area contributed by atoms with Gasteiger partial charge < -0.3 is 5.32 Å². The highest BCUT2D eigenvalue weighted by Gasteiger charge is 2.32. The van der Waals surface area contributed by atoms with Gasteiger partial charge in [0, 0.05) is 30.9 Å². The van der Waals surface area contributed by atoms with Gasteiger partial charge in [0.15, 0.2) is 0 Å². The fourth-order valence-corrected chi connectivity index (χ4v) is 3.06. The molecule has 11 heavy (non-hydrogen) atoms. The van der Waals surface area contributed by atoms with Gasteiger partial charge in [-0.2, -0.15) is 11.8 Å². The molecule has 2 heterocycles. The van der Waals surface area contributed by atoms with Gasteiger partial charge in [0.1, 0.15) is 0 Å². The second-order valence-corrected chi connectivity index (χ2v) is 4.61. The predicted molar refractivity (Wildman–Crippen MR) is 50.2 cm³/mol. The van der Waals surface area contributed by atoms with Gasteiger partial charge in [-0.15, -0.1) is 0 Å². The van der Waals surface area contributed by atoms with Crippen LogP contribution in [0.25, 0.3) is 0 Å². The summed E-state index contributed by atoms with van der Waals surface area (Å²) in [6, 6.07) is 1.69. The van der Waals surface area contributed by atoms with Crippen molar-refractivity contribution in [2.45, 2.75) is 18.5 Å². The smallest absolute Gasteiger partial charge is 0.0320 e. The molecule has 2 aliphatic rings. The van der Waals surface area contributed by atoms with Crippen LogP contribution in [0.5, 0.6) is 0 Å². The van der Waals surface area contributed by atoms with Crippen molar-refractivity contribution < 1.29 is 0 Å². The zero-order chi connectivity index (χ0) is 7.68. The van der Waals surface area contributed by atoms with E-state index in [-0.39, 0.29) is 0 Å². The first-order valence-corrected chi connectivity index (χ1v) is 5.54. The molecular formula is C8H16N2S. The van der Waals surface area contributed by atoms with E-state index >= 15 is 0 Å². The third kappa shape index (κ3) is 1.55. The standard InChI is InChI=1S/C8H16N2S/c1-9-7-4-10(5-7)8-2-3-11-6-8/h7-9H,2-6H2,1H3/t8-/m1/s1. The minimum absolute atomic E-state index is 0.778. The molecule has 0 bridgehead atoms. The van der Waals surface area contributed by atoms with Crippen LogP contribution in [-0.4, -0.2) is 48.6 Å². The summed E-state index contributed by atoms with van der Waals surface area (Å²) in [6.45, 7) is 2.56. The number of nitrogens with zero attached hydrogens (tertiary/aromatic N) is 1. The van der Waals surface area contributed by atoms with Crippen LogP contribution >= 0.6 is 11.8 Å². The first kappa shape index (κ1) is 7.90. The molecule has 1 atom stereocenters. The summed E-state index contributed by atoms with van der Waals surface area (Å²) in [7, 11) is 2.06. The molecule has 1 N–H and O–H groups in total. The number of likely N-dealkylation sites (N-methyl/N-ethyl adjacent to an activating group) is 1. The lowest BCUT2D eigenvalue weighted by atomic mass is 10.1. The number of likely N-dealkylation sites (tertiary alicyclic amines) is 1. The molecular weight excluding hydrogens is 156 g/mol. The molecule has 0 radical (unpaired) electrons. The van der Waals surface area contributed by atoms with E-state index in [0.29, 0.717) is 0 Å². The molecule has 0 aromatic carbocycles. The van der Waals surface area contributed by atoms with Crippen molar-refractivity contribution in [1.29, 1.82) is 0 Å². The van der Waals surface area contributed by atoms with E-state index in [9.17, 15) is 0 Å². The molecule has 0 spiro atoms. The maximum atomic E-state index is 3.31. The quantitative estimate of drug-likeness (QED) is 0.649. The summed E-state index contributed by atoms with van der Waals surface area (Å²) in [5.74, 6) is 2.75. The molecule has 0 aromatic rings.